The Morgan fingerprint density at radius 1 is 1.17 bits per heavy atom. The largest absolute Gasteiger partial charge is 0.347 e. The van der Waals surface area contributed by atoms with Crippen molar-refractivity contribution >= 4 is 38.6 Å². The van der Waals surface area contributed by atoms with Gasteiger partial charge in [0.1, 0.15) is 4.21 Å². The first-order valence-corrected chi connectivity index (χ1v) is 13.0. The van der Waals surface area contributed by atoms with Gasteiger partial charge in [-0.15, -0.1) is 22.7 Å². The summed E-state index contributed by atoms with van der Waals surface area (Å²) in [5.74, 6) is 0.0101. The lowest BCUT2D eigenvalue weighted by Gasteiger charge is -2.34. The molecule has 9 heteroatoms. The molecular weight excluding hydrogens is 426 g/mol. The Balaban J connectivity index is 1.49. The van der Waals surface area contributed by atoms with Crippen LogP contribution in [0.5, 0.6) is 0 Å². The molecule has 1 saturated heterocycles. The number of nitrogens with zero attached hydrogens (tertiary/aromatic N) is 1. The Morgan fingerprint density at radius 3 is 2.38 bits per heavy atom. The van der Waals surface area contributed by atoms with E-state index in [1.807, 2.05) is 11.4 Å². The molecule has 0 aliphatic carbocycles. The third-order valence-corrected chi connectivity index (χ3v) is 8.89. The molecule has 2 aromatic rings. The van der Waals surface area contributed by atoms with Crippen LogP contribution in [0.15, 0.2) is 39.2 Å². The van der Waals surface area contributed by atoms with Gasteiger partial charge in [-0.25, -0.2) is 13.1 Å². The van der Waals surface area contributed by atoms with Crippen molar-refractivity contribution < 1.29 is 13.2 Å². The van der Waals surface area contributed by atoms with Gasteiger partial charge in [0.2, 0.25) is 15.9 Å². The molecule has 0 aromatic carbocycles. The highest BCUT2D eigenvalue weighted by Gasteiger charge is 2.30. The zero-order valence-corrected chi connectivity index (χ0v) is 19.5. The highest BCUT2D eigenvalue weighted by atomic mass is 32.2. The summed E-state index contributed by atoms with van der Waals surface area (Å²) in [5.41, 5.74) is -0.0758. The molecule has 1 fully saturated rings. The van der Waals surface area contributed by atoms with E-state index < -0.39 is 10.0 Å². The van der Waals surface area contributed by atoms with Crippen molar-refractivity contribution in [3.63, 3.8) is 0 Å². The van der Waals surface area contributed by atoms with Gasteiger partial charge in [0, 0.05) is 24.0 Å². The van der Waals surface area contributed by atoms with Crippen molar-refractivity contribution in [1.29, 1.82) is 0 Å². The van der Waals surface area contributed by atoms with Gasteiger partial charge in [-0.3, -0.25) is 9.69 Å². The second-order valence-electron chi connectivity index (χ2n) is 8.49. The average molecular weight is 456 g/mol. The number of likely N-dealkylation sites (tertiary alicyclic amines) is 1. The SMILES string of the molecule is CC(C)(C)C(NC(=O)CN1CCC(NS(=O)(=O)c2cccs2)CC1)c1cccs1. The Morgan fingerprint density at radius 2 is 1.83 bits per heavy atom. The summed E-state index contributed by atoms with van der Waals surface area (Å²) >= 11 is 2.88. The molecule has 3 heterocycles. The fourth-order valence-electron chi connectivity index (χ4n) is 3.48. The van der Waals surface area contributed by atoms with Crippen LogP contribution < -0.4 is 10.0 Å². The van der Waals surface area contributed by atoms with Crippen LogP contribution in [0, 0.1) is 5.41 Å². The molecule has 29 heavy (non-hydrogen) atoms. The Labute approximate surface area is 181 Å². The zero-order chi connectivity index (χ0) is 21.1. The van der Waals surface area contributed by atoms with Gasteiger partial charge in [-0.1, -0.05) is 32.9 Å². The van der Waals surface area contributed by atoms with Crippen LogP contribution in [-0.2, 0) is 14.8 Å². The molecule has 2 N–H and O–H groups in total. The summed E-state index contributed by atoms with van der Waals surface area (Å²) in [5, 5.41) is 6.99. The molecular formula is C20H29N3O3S3. The number of hydrogen-bond donors (Lipinski definition) is 2. The molecule has 3 rings (SSSR count). The number of carbonyl (C=O) groups is 1. The molecule has 0 spiro atoms. The number of sulfonamides is 1. The number of hydrogen-bond acceptors (Lipinski definition) is 6. The normalized spacial score (nSPS) is 17.9. The molecule has 2 aromatic heterocycles. The first-order valence-electron chi connectivity index (χ1n) is 9.76. The molecule has 1 aliphatic heterocycles. The molecule has 1 atom stereocenters. The fraction of sp³-hybridized carbons (Fsp3) is 0.550. The van der Waals surface area contributed by atoms with Crippen LogP contribution in [-0.4, -0.2) is 44.9 Å². The monoisotopic (exact) mass is 455 g/mol. The second kappa shape index (κ2) is 9.26. The van der Waals surface area contributed by atoms with E-state index in [9.17, 15) is 13.2 Å². The van der Waals surface area contributed by atoms with Crippen molar-refractivity contribution in [2.75, 3.05) is 19.6 Å². The maximum absolute atomic E-state index is 12.7. The summed E-state index contributed by atoms with van der Waals surface area (Å²) in [4.78, 5) is 15.9. The molecule has 0 saturated carbocycles. The molecule has 160 valence electrons. The van der Waals surface area contributed by atoms with Gasteiger partial charge < -0.3 is 5.32 Å². The molecule has 6 nitrogen and oxygen atoms in total. The zero-order valence-electron chi connectivity index (χ0n) is 17.1. The standard InChI is InChI=1S/C20H29N3O3S3/c1-20(2,3)19(16-6-4-12-27-16)21-17(24)14-23-10-8-15(9-11-23)22-29(25,26)18-7-5-13-28-18/h4-7,12-13,15,19,22H,8-11,14H2,1-3H3,(H,21,24). The lowest BCUT2D eigenvalue weighted by Crippen LogP contribution is -2.48. The summed E-state index contributed by atoms with van der Waals surface area (Å²) in [6, 6.07) is 7.31. The summed E-state index contributed by atoms with van der Waals surface area (Å²) in [7, 11) is -3.44. The van der Waals surface area contributed by atoms with Crippen LogP contribution in [0.2, 0.25) is 0 Å². The first-order chi connectivity index (χ1) is 13.6. The minimum atomic E-state index is -3.44. The van der Waals surface area contributed by atoms with E-state index >= 15 is 0 Å². The molecule has 1 amide bonds. The van der Waals surface area contributed by atoms with Crippen LogP contribution >= 0.6 is 22.7 Å². The number of amides is 1. The molecule has 0 bridgehead atoms. The van der Waals surface area contributed by atoms with E-state index in [0.717, 1.165) is 4.88 Å². The number of rotatable bonds is 7. The van der Waals surface area contributed by atoms with E-state index in [4.69, 9.17) is 0 Å². The summed E-state index contributed by atoms with van der Waals surface area (Å²) < 4.78 is 27.9. The fourth-order valence-corrected chi connectivity index (χ4v) is 6.82. The van der Waals surface area contributed by atoms with Crippen LogP contribution in [0.4, 0.5) is 0 Å². The van der Waals surface area contributed by atoms with E-state index in [1.54, 1.807) is 28.8 Å². The average Bonchev–Trinajstić information content (AvgIpc) is 3.34. The maximum Gasteiger partial charge on any atom is 0.250 e. The Kier molecular flexibility index (Phi) is 7.16. The van der Waals surface area contributed by atoms with Gasteiger partial charge in [0.15, 0.2) is 0 Å². The number of carbonyl (C=O) groups excluding carboxylic acids is 1. The Hall–Kier alpha value is -1.26. The Bertz CT molecular complexity index is 879. The minimum absolute atomic E-state index is 0.0101. The quantitative estimate of drug-likeness (QED) is 0.670. The number of thiophene rings is 2. The van der Waals surface area contributed by atoms with Crippen molar-refractivity contribution in [1.82, 2.24) is 14.9 Å². The van der Waals surface area contributed by atoms with Crippen LogP contribution in [0.1, 0.15) is 44.5 Å². The van der Waals surface area contributed by atoms with Crippen molar-refractivity contribution in [3.05, 3.63) is 39.9 Å². The van der Waals surface area contributed by atoms with Crippen LogP contribution in [0.25, 0.3) is 0 Å². The van der Waals surface area contributed by atoms with Crippen molar-refractivity contribution in [2.24, 2.45) is 5.41 Å². The topological polar surface area (TPSA) is 78.5 Å². The van der Waals surface area contributed by atoms with E-state index in [1.165, 1.54) is 11.3 Å². The van der Waals surface area contributed by atoms with E-state index in [-0.39, 0.29) is 23.4 Å². The van der Waals surface area contributed by atoms with E-state index in [2.05, 4.69) is 41.8 Å². The third-order valence-electron chi connectivity index (χ3n) is 5.04. The predicted octanol–water partition coefficient (Wildman–Crippen LogP) is 3.46. The van der Waals surface area contributed by atoms with Crippen molar-refractivity contribution in [3.8, 4) is 0 Å². The van der Waals surface area contributed by atoms with E-state index in [0.29, 0.717) is 36.7 Å². The smallest absolute Gasteiger partial charge is 0.250 e. The minimum Gasteiger partial charge on any atom is -0.347 e. The molecule has 1 unspecified atom stereocenters. The van der Waals surface area contributed by atoms with Crippen LogP contribution in [0.3, 0.4) is 0 Å². The van der Waals surface area contributed by atoms with Gasteiger partial charge in [-0.2, -0.15) is 0 Å². The second-order valence-corrected chi connectivity index (χ2v) is 12.4. The first kappa shape index (κ1) is 22.4. The van der Waals surface area contributed by atoms with Gasteiger partial charge in [-0.05, 0) is 41.1 Å². The molecule has 1 aliphatic rings. The summed E-state index contributed by atoms with van der Waals surface area (Å²) in [6.07, 6.45) is 1.40. The number of nitrogens with one attached hydrogen (secondary N) is 2. The highest BCUT2D eigenvalue weighted by molar-refractivity contribution is 7.91. The van der Waals surface area contributed by atoms with Gasteiger partial charge in [0.25, 0.3) is 0 Å². The number of piperidine rings is 1. The lowest BCUT2D eigenvalue weighted by molar-refractivity contribution is -0.124. The summed E-state index contributed by atoms with van der Waals surface area (Å²) in [6.45, 7) is 8.12. The molecule has 0 radical (unpaired) electrons. The predicted molar refractivity (Wildman–Crippen MR) is 119 cm³/mol. The van der Waals surface area contributed by atoms with Crippen molar-refractivity contribution in [2.45, 2.75) is 49.9 Å². The van der Waals surface area contributed by atoms with Gasteiger partial charge in [0.05, 0.1) is 12.6 Å². The maximum atomic E-state index is 12.7. The third kappa shape index (κ3) is 6.11. The highest BCUT2D eigenvalue weighted by Crippen LogP contribution is 2.35. The van der Waals surface area contributed by atoms with Gasteiger partial charge >= 0.3 is 0 Å². The lowest BCUT2D eigenvalue weighted by atomic mass is 9.85.